The molecule has 2 N–H and O–H groups in total. The number of para-hydroxylation sites is 1. The van der Waals surface area contributed by atoms with Gasteiger partial charge >= 0.3 is 6.09 Å². The zero-order chi connectivity index (χ0) is 47.2. The van der Waals surface area contributed by atoms with Crippen LogP contribution in [0.2, 0.25) is 0 Å². The lowest BCUT2D eigenvalue weighted by atomic mass is 9.79. The SMILES string of the molecule is COC(=O)N1c2ccc3c(nc(Cc4ccccc4)n3[C@@H]3CCC[C@@H](C(C)C)C3)c2CC[C@@H]1CCC(C)n1cc(-c2cc3c(cc2C(F)F)N(c2cccc4c2N[C@@H](C)CC(=O)N4)CCC3)cn1. The quantitative estimate of drug-likeness (QED) is 0.133. The van der Waals surface area contributed by atoms with E-state index in [2.05, 4.69) is 83.3 Å². The van der Waals surface area contributed by atoms with Crippen LogP contribution >= 0.6 is 0 Å². The first-order chi connectivity index (χ1) is 32.9. The summed E-state index contributed by atoms with van der Waals surface area (Å²) in [5.74, 6) is 2.33. The third-order valence-corrected chi connectivity index (χ3v) is 15.3. The fraction of sp³-hybridized carbons (Fsp3) is 0.455. The van der Waals surface area contributed by atoms with Crippen LogP contribution in [0.25, 0.3) is 22.2 Å². The van der Waals surface area contributed by atoms with Gasteiger partial charge in [-0.3, -0.25) is 14.4 Å². The van der Waals surface area contributed by atoms with Gasteiger partial charge in [-0.05, 0) is 130 Å². The van der Waals surface area contributed by atoms with Crippen LogP contribution in [-0.2, 0) is 28.8 Å². The molecule has 1 unspecified atom stereocenters. The number of nitrogens with one attached hydrogen (secondary N) is 2. The van der Waals surface area contributed by atoms with Crippen molar-refractivity contribution in [3.63, 3.8) is 0 Å². The van der Waals surface area contributed by atoms with E-state index in [0.29, 0.717) is 60.5 Å². The van der Waals surface area contributed by atoms with Crippen LogP contribution in [0.3, 0.4) is 0 Å². The number of aryl methyl sites for hydroxylation is 2. The summed E-state index contributed by atoms with van der Waals surface area (Å²) in [5, 5.41) is 11.3. The number of carbonyl (C=O) groups excluding carboxylic acids is 2. The number of imidazole rings is 1. The topological polar surface area (TPSA) is 110 Å². The Bertz CT molecular complexity index is 2820. The molecule has 0 bridgehead atoms. The highest BCUT2D eigenvalue weighted by molar-refractivity contribution is 6.00. The summed E-state index contributed by atoms with van der Waals surface area (Å²) in [7, 11) is 1.45. The van der Waals surface area contributed by atoms with E-state index in [1.165, 1.54) is 25.5 Å². The molecular weight excluding hydrogens is 859 g/mol. The average molecular weight is 923 g/mol. The van der Waals surface area contributed by atoms with E-state index < -0.39 is 6.43 Å². The lowest BCUT2D eigenvalue weighted by Gasteiger charge is -2.37. The summed E-state index contributed by atoms with van der Waals surface area (Å²) in [6.45, 7) is 9.42. The fourth-order valence-corrected chi connectivity index (χ4v) is 11.7. The Kier molecular flexibility index (Phi) is 12.7. The van der Waals surface area contributed by atoms with Gasteiger partial charge in [0.05, 0.1) is 47.1 Å². The number of methoxy groups -OCH3 is 1. The maximum Gasteiger partial charge on any atom is 0.414 e. The molecule has 356 valence electrons. The summed E-state index contributed by atoms with van der Waals surface area (Å²) < 4.78 is 40.1. The molecule has 5 atom stereocenters. The van der Waals surface area contributed by atoms with Crippen molar-refractivity contribution >= 4 is 51.5 Å². The molecule has 68 heavy (non-hydrogen) atoms. The predicted molar refractivity (Wildman–Crippen MR) is 266 cm³/mol. The van der Waals surface area contributed by atoms with Gasteiger partial charge in [0, 0.05) is 72.1 Å². The van der Waals surface area contributed by atoms with E-state index in [0.717, 1.165) is 95.7 Å². The number of anilines is 5. The van der Waals surface area contributed by atoms with Crippen molar-refractivity contribution in [2.75, 3.05) is 34.1 Å². The minimum absolute atomic E-state index is 0.0429. The van der Waals surface area contributed by atoms with Crippen molar-refractivity contribution in [1.29, 1.82) is 0 Å². The van der Waals surface area contributed by atoms with E-state index in [1.807, 2.05) is 47.0 Å². The van der Waals surface area contributed by atoms with Gasteiger partial charge < -0.3 is 24.8 Å². The number of carbonyl (C=O) groups is 2. The van der Waals surface area contributed by atoms with Crippen LogP contribution in [0.4, 0.5) is 42.0 Å². The van der Waals surface area contributed by atoms with Gasteiger partial charge in [0.15, 0.2) is 0 Å². The molecule has 0 spiro atoms. The summed E-state index contributed by atoms with van der Waals surface area (Å²) >= 11 is 0. The molecule has 1 saturated carbocycles. The number of alkyl halides is 2. The number of rotatable bonds is 11. The fourth-order valence-electron chi connectivity index (χ4n) is 11.7. The molecule has 10 rings (SSSR count). The molecule has 0 saturated heterocycles. The Hall–Kier alpha value is -6.24. The highest BCUT2D eigenvalue weighted by Crippen LogP contribution is 2.47. The first kappa shape index (κ1) is 45.5. The molecule has 4 aliphatic rings. The highest BCUT2D eigenvalue weighted by Gasteiger charge is 2.36. The van der Waals surface area contributed by atoms with Gasteiger partial charge in [-0.25, -0.2) is 18.6 Å². The van der Waals surface area contributed by atoms with Crippen molar-refractivity contribution in [1.82, 2.24) is 19.3 Å². The lowest BCUT2D eigenvalue weighted by Crippen LogP contribution is -2.44. The molecule has 2 aromatic heterocycles. The first-order valence-corrected chi connectivity index (χ1v) is 24.9. The van der Waals surface area contributed by atoms with Gasteiger partial charge in [0.1, 0.15) is 5.82 Å². The average Bonchev–Trinajstić information content (AvgIpc) is 3.95. The second kappa shape index (κ2) is 19.0. The Morgan fingerprint density at radius 1 is 0.941 bits per heavy atom. The summed E-state index contributed by atoms with van der Waals surface area (Å²) in [5.41, 5.74) is 10.5. The van der Waals surface area contributed by atoms with Crippen LogP contribution in [0.15, 0.2) is 85.2 Å². The highest BCUT2D eigenvalue weighted by atomic mass is 19.3. The Balaban J connectivity index is 0.899. The molecule has 3 aliphatic heterocycles. The van der Waals surface area contributed by atoms with E-state index in [4.69, 9.17) is 14.8 Å². The normalized spacial score (nSPS) is 20.9. The number of amides is 2. The minimum Gasteiger partial charge on any atom is -0.452 e. The Labute approximate surface area is 398 Å². The number of halogens is 2. The van der Waals surface area contributed by atoms with Gasteiger partial charge in [0.2, 0.25) is 5.91 Å². The molecular formula is C55H64F2N8O3. The van der Waals surface area contributed by atoms with Crippen molar-refractivity contribution in [3.8, 4) is 11.1 Å². The number of ether oxygens (including phenoxy) is 1. The van der Waals surface area contributed by atoms with Crippen LogP contribution < -0.4 is 20.4 Å². The van der Waals surface area contributed by atoms with Crippen LogP contribution in [0, 0.1) is 11.8 Å². The zero-order valence-electron chi connectivity index (χ0n) is 40.0. The molecule has 0 radical (unpaired) electrons. The van der Waals surface area contributed by atoms with E-state index in [1.54, 1.807) is 12.3 Å². The minimum atomic E-state index is -2.71. The standard InChI is InChI=1S/C55H64F2N8O3/c1-33(2)37-14-9-16-41(28-37)64-48-24-23-46-42(52(48)61-50(64)27-36-12-7-6-8-13-36)22-21-40(65(46)55(67)68-5)20-19-35(4)63-32-39(31-58-63)43-29-38-15-11-25-62(49(38)30-44(43)54(56)57)47-18-10-17-45-53(47)59-34(3)26-51(66)60-45/h6-8,10,12-13,17-18,23-24,29-35,37,40-41,54,59H,9,11,14-16,19-22,25-28H2,1-5H3,(H,60,66)/t34-,35?,37+,40-,41+/m0/s1. The van der Waals surface area contributed by atoms with Crippen LogP contribution in [0.1, 0.15) is 132 Å². The number of aromatic nitrogens is 4. The van der Waals surface area contributed by atoms with E-state index >= 15 is 8.78 Å². The third kappa shape index (κ3) is 8.73. The molecule has 5 heterocycles. The molecule has 11 nitrogen and oxygen atoms in total. The van der Waals surface area contributed by atoms with Gasteiger partial charge in [-0.1, -0.05) is 63.1 Å². The molecule has 1 fully saturated rings. The lowest BCUT2D eigenvalue weighted by molar-refractivity contribution is -0.116. The zero-order valence-corrected chi connectivity index (χ0v) is 40.0. The molecule has 6 aromatic rings. The van der Waals surface area contributed by atoms with Gasteiger partial charge in [-0.2, -0.15) is 5.10 Å². The molecule has 1 aliphatic carbocycles. The molecule has 2 amide bonds. The Morgan fingerprint density at radius 2 is 1.78 bits per heavy atom. The van der Waals surface area contributed by atoms with E-state index in [9.17, 15) is 9.59 Å². The number of fused-ring (bicyclic) bond motifs is 5. The number of benzene rings is 4. The third-order valence-electron chi connectivity index (χ3n) is 15.3. The summed E-state index contributed by atoms with van der Waals surface area (Å²) in [6, 6.07) is 24.3. The molecule has 13 heteroatoms. The maximum absolute atomic E-state index is 15.1. The van der Waals surface area contributed by atoms with Gasteiger partial charge in [0.25, 0.3) is 6.43 Å². The predicted octanol–water partition coefficient (Wildman–Crippen LogP) is 13.0. The first-order valence-electron chi connectivity index (χ1n) is 24.9. The number of nitrogens with zero attached hydrogens (tertiary/aromatic N) is 6. The smallest absolute Gasteiger partial charge is 0.414 e. The van der Waals surface area contributed by atoms with Crippen molar-refractivity contribution in [2.45, 2.75) is 135 Å². The van der Waals surface area contributed by atoms with E-state index in [-0.39, 0.29) is 35.7 Å². The summed E-state index contributed by atoms with van der Waals surface area (Å²) in [4.78, 5) is 35.7. The Morgan fingerprint density at radius 3 is 2.57 bits per heavy atom. The summed E-state index contributed by atoms with van der Waals surface area (Å²) in [6.07, 6.45) is 10.9. The number of hydrogen-bond donors (Lipinski definition) is 2. The molecule has 4 aromatic carbocycles. The second-order valence-corrected chi connectivity index (χ2v) is 20.1. The van der Waals surface area contributed by atoms with Crippen molar-refractivity contribution in [3.05, 3.63) is 113 Å². The van der Waals surface area contributed by atoms with Crippen LogP contribution in [0.5, 0.6) is 0 Å². The largest absolute Gasteiger partial charge is 0.452 e. The number of hydrogen-bond acceptors (Lipinski definition) is 7. The van der Waals surface area contributed by atoms with Crippen molar-refractivity contribution in [2.24, 2.45) is 11.8 Å². The second-order valence-electron chi connectivity index (χ2n) is 20.1. The van der Waals surface area contributed by atoms with Crippen molar-refractivity contribution < 1.29 is 23.1 Å². The maximum atomic E-state index is 15.1. The van der Waals surface area contributed by atoms with Crippen LogP contribution in [-0.4, -0.2) is 57.1 Å². The monoisotopic (exact) mass is 923 g/mol. The van der Waals surface area contributed by atoms with Gasteiger partial charge in [-0.15, -0.1) is 0 Å².